The Labute approximate surface area is 108 Å². The standard InChI is InChI=1S/C10H21N3O2S2/c1-4-17(14,15)9-7-16-6-5-13(9)10(11)12-8(2)3/h8-9H,4-7H2,1-3H3,(H2,11,12). The Morgan fingerprint density at radius 3 is 2.76 bits per heavy atom. The van der Waals surface area contributed by atoms with E-state index in [1.54, 1.807) is 23.6 Å². The Morgan fingerprint density at radius 1 is 1.59 bits per heavy atom. The third kappa shape index (κ3) is 3.77. The Bertz CT molecular complexity index is 379. The molecule has 1 aliphatic rings. The molecule has 0 aromatic rings. The fourth-order valence-electron chi connectivity index (χ4n) is 1.67. The first-order valence-corrected chi connectivity index (χ1v) is 8.64. The van der Waals surface area contributed by atoms with E-state index in [2.05, 4.69) is 4.99 Å². The first-order chi connectivity index (χ1) is 7.88. The SMILES string of the molecule is CCS(=O)(=O)C1CSCCN1C(N)=NC(C)C. The molecule has 1 fully saturated rings. The fourth-order valence-corrected chi connectivity index (χ4v) is 4.65. The van der Waals surface area contributed by atoms with Crippen molar-refractivity contribution >= 4 is 27.6 Å². The van der Waals surface area contributed by atoms with Crippen LogP contribution in [-0.2, 0) is 9.84 Å². The van der Waals surface area contributed by atoms with E-state index >= 15 is 0 Å². The van der Waals surface area contributed by atoms with Gasteiger partial charge in [-0.15, -0.1) is 0 Å². The number of rotatable bonds is 3. The lowest BCUT2D eigenvalue weighted by atomic mass is 10.4. The molecule has 1 unspecified atom stereocenters. The van der Waals surface area contributed by atoms with Crippen LogP contribution < -0.4 is 5.73 Å². The van der Waals surface area contributed by atoms with Gasteiger partial charge in [0.2, 0.25) is 0 Å². The predicted molar refractivity (Wildman–Crippen MR) is 74.0 cm³/mol. The second-order valence-corrected chi connectivity index (χ2v) is 7.85. The van der Waals surface area contributed by atoms with Gasteiger partial charge in [-0.05, 0) is 13.8 Å². The average Bonchev–Trinajstić information content (AvgIpc) is 2.28. The van der Waals surface area contributed by atoms with Gasteiger partial charge in [0.25, 0.3) is 0 Å². The summed E-state index contributed by atoms with van der Waals surface area (Å²) in [7, 11) is -3.11. The van der Waals surface area contributed by atoms with E-state index in [0.29, 0.717) is 18.3 Å². The maximum atomic E-state index is 12.0. The van der Waals surface area contributed by atoms with Crippen molar-refractivity contribution in [3.05, 3.63) is 0 Å². The molecule has 1 rings (SSSR count). The number of guanidine groups is 1. The summed E-state index contributed by atoms with van der Waals surface area (Å²) < 4.78 is 24.0. The van der Waals surface area contributed by atoms with Crippen molar-refractivity contribution < 1.29 is 8.42 Å². The normalized spacial score (nSPS) is 23.2. The lowest BCUT2D eigenvalue weighted by Crippen LogP contribution is -2.53. The van der Waals surface area contributed by atoms with E-state index in [9.17, 15) is 8.42 Å². The maximum Gasteiger partial charge on any atom is 0.192 e. The average molecular weight is 279 g/mol. The monoisotopic (exact) mass is 279 g/mol. The van der Waals surface area contributed by atoms with Crippen molar-refractivity contribution in [2.75, 3.05) is 23.8 Å². The van der Waals surface area contributed by atoms with E-state index in [1.807, 2.05) is 13.8 Å². The zero-order valence-electron chi connectivity index (χ0n) is 10.6. The highest BCUT2D eigenvalue weighted by molar-refractivity contribution is 8.01. The van der Waals surface area contributed by atoms with Crippen LogP contribution in [0.15, 0.2) is 4.99 Å². The minimum atomic E-state index is -3.11. The van der Waals surface area contributed by atoms with Crippen molar-refractivity contribution in [3.63, 3.8) is 0 Å². The molecule has 1 heterocycles. The first-order valence-electron chi connectivity index (χ1n) is 5.77. The largest absolute Gasteiger partial charge is 0.370 e. The molecule has 7 heteroatoms. The highest BCUT2D eigenvalue weighted by atomic mass is 32.2. The molecule has 17 heavy (non-hydrogen) atoms. The molecule has 0 aromatic carbocycles. The molecule has 5 nitrogen and oxygen atoms in total. The van der Waals surface area contributed by atoms with Gasteiger partial charge < -0.3 is 10.6 Å². The summed E-state index contributed by atoms with van der Waals surface area (Å²) in [6.07, 6.45) is 0. The quantitative estimate of drug-likeness (QED) is 0.602. The zero-order valence-corrected chi connectivity index (χ0v) is 12.2. The summed E-state index contributed by atoms with van der Waals surface area (Å²) in [5.41, 5.74) is 5.89. The van der Waals surface area contributed by atoms with Gasteiger partial charge in [-0.25, -0.2) is 8.42 Å². The number of nitrogens with zero attached hydrogens (tertiary/aromatic N) is 2. The van der Waals surface area contributed by atoms with Crippen LogP contribution in [0.25, 0.3) is 0 Å². The van der Waals surface area contributed by atoms with Crippen LogP contribution in [0.4, 0.5) is 0 Å². The number of nitrogens with two attached hydrogens (primary N) is 1. The molecule has 0 saturated carbocycles. The van der Waals surface area contributed by atoms with Gasteiger partial charge in [-0.2, -0.15) is 11.8 Å². The Morgan fingerprint density at radius 2 is 2.24 bits per heavy atom. The Hall–Kier alpha value is -0.430. The van der Waals surface area contributed by atoms with Gasteiger partial charge in [0.1, 0.15) is 5.37 Å². The summed E-state index contributed by atoms with van der Waals surface area (Å²) in [5.74, 6) is 1.96. The van der Waals surface area contributed by atoms with Gasteiger partial charge >= 0.3 is 0 Å². The molecule has 0 aliphatic carbocycles. The Balaban J connectivity index is 2.95. The first kappa shape index (κ1) is 14.6. The minimum absolute atomic E-state index is 0.0783. The molecule has 2 N–H and O–H groups in total. The molecule has 1 atom stereocenters. The molecule has 100 valence electrons. The van der Waals surface area contributed by atoms with Gasteiger partial charge in [0, 0.05) is 29.8 Å². The van der Waals surface area contributed by atoms with Crippen molar-refractivity contribution in [3.8, 4) is 0 Å². The lowest BCUT2D eigenvalue weighted by molar-refractivity contribution is 0.402. The van der Waals surface area contributed by atoms with E-state index in [4.69, 9.17) is 5.73 Å². The molecular weight excluding hydrogens is 258 g/mol. The molecule has 0 bridgehead atoms. The van der Waals surface area contributed by atoms with E-state index in [-0.39, 0.29) is 11.8 Å². The highest BCUT2D eigenvalue weighted by Crippen LogP contribution is 2.21. The molecule has 0 spiro atoms. The Kier molecular flexibility index (Phi) is 5.12. The molecule has 0 aromatic heterocycles. The third-order valence-corrected chi connectivity index (χ3v) is 5.87. The van der Waals surface area contributed by atoms with Crippen LogP contribution in [0.5, 0.6) is 0 Å². The summed E-state index contributed by atoms with van der Waals surface area (Å²) >= 11 is 1.65. The molecule has 1 saturated heterocycles. The second-order valence-electron chi connectivity index (χ2n) is 4.26. The predicted octanol–water partition coefficient (Wildman–Crippen LogP) is 0.519. The lowest BCUT2D eigenvalue weighted by Gasteiger charge is -2.35. The number of hydrogen-bond acceptors (Lipinski definition) is 4. The van der Waals surface area contributed by atoms with Gasteiger partial charge in [0.05, 0.1) is 0 Å². The van der Waals surface area contributed by atoms with E-state index < -0.39 is 15.2 Å². The number of sulfone groups is 1. The summed E-state index contributed by atoms with van der Waals surface area (Å²) in [4.78, 5) is 5.98. The van der Waals surface area contributed by atoms with Crippen molar-refractivity contribution in [2.24, 2.45) is 10.7 Å². The van der Waals surface area contributed by atoms with Crippen LogP contribution in [0, 0.1) is 0 Å². The van der Waals surface area contributed by atoms with Crippen molar-refractivity contribution in [2.45, 2.75) is 32.2 Å². The highest BCUT2D eigenvalue weighted by Gasteiger charge is 2.33. The van der Waals surface area contributed by atoms with Gasteiger partial charge in [-0.3, -0.25) is 4.99 Å². The van der Waals surface area contributed by atoms with E-state index in [0.717, 1.165) is 5.75 Å². The van der Waals surface area contributed by atoms with Gasteiger partial charge in [-0.1, -0.05) is 6.92 Å². The van der Waals surface area contributed by atoms with Crippen LogP contribution in [0.1, 0.15) is 20.8 Å². The topological polar surface area (TPSA) is 75.8 Å². The summed E-state index contributed by atoms with van der Waals surface area (Å²) in [6, 6.07) is 0.0783. The second kappa shape index (κ2) is 5.95. The third-order valence-electron chi connectivity index (χ3n) is 2.59. The van der Waals surface area contributed by atoms with Crippen molar-refractivity contribution in [1.82, 2.24) is 4.90 Å². The summed E-state index contributed by atoms with van der Waals surface area (Å²) in [6.45, 7) is 6.17. The van der Waals surface area contributed by atoms with Crippen molar-refractivity contribution in [1.29, 1.82) is 0 Å². The smallest absolute Gasteiger partial charge is 0.192 e. The van der Waals surface area contributed by atoms with Crippen LogP contribution >= 0.6 is 11.8 Å². The number of thioether (sulfide) groups is 1. The van der Waals surface area contributed by atoms with Crippen LogP contribution in [0.2, 0.25) is 0 Å². The van der Waals surface area contributed by atoms with Gasteiger partial charge in [0.15, 0.2) is 15.8 Å². The van der Waals surface area contributed by atoms with E-state index in [1.165, 1.54) is 0 Å². The maximum absolute atomic E-state index is 12.0. The molecular formula is C10H21N3O2S2. The number of aliphatic imine (C=N–C) groups is 1. The zero-order chi connectivity index (χ0) is 13.1. The molecule has 1 aliphatic heterocycles. The summed E-state index contributed by atoms with van der Waals surface area (Å²) in [5, 5.41) is -0.520. The minimum Gasteiger partial charge on any atom is -0.370 e. The van der Waals surface area contributed by atoms with Crippen LogP contribution in [-0.4, -0.2) is 54.5 Å². The molecule has 0 amide bonds. The fraction of sp³-hybridized carbons (Fsp3) is 0.900. The number of hydrogen-bond donors (Lipinski definition) is 1. The van der Waals surface area contributed by atoms with Crippen LogP contribution in [0.3, 0.4) is 0 Å². The molecule has 0 radical (unpaired) electrons.